The minimum absolute atomic E-state index is 0.00837. The first-order valence-electron chi connectivity index (χ1n) is 11.8. The second-order valence-corrected chi connectivity index (χ2v) is 12.7. The van der Waals surface area contributed by atoms with Gasteiger partial charge in [-0.2, -0.15) is 8.61 Å². The summed E-state index contributed by atoms with van der Waals surface area (Å²) in [4.78, 5) is 12.8. The highest BCUT2D eigenvalue weighted by Crippen LogP contribution is 2.29. The van der Waals surface area contributed by atoms with Crippen LogP contribution in [-0.2, 0) is 24.8 Å². The molecule has 0 bridgehead atoms. The first-order chi connectivity index (χ1) is 16.3. The van der Waals surface area contributed by atoms with E-state index in [-0.39, 0.29) is 22.4 Å². The van der Waals surface area contributed by atoms with Crippen LogP contribution in [0.3, 0.4) is 0 Å². The Kier molecular flexibility index (Phi) is 7.71. The van der Waals surface area contributed by atoms with Crippen LogP contribution in [0.2, 0.25) is 0 Å². The second kappa shape index (κ2) is 10.6. The average molecular weight is 506 g/mol. The smallest absolute Gasteiger partial charge is 0.243 e. The fourth-order valence-electron chi connectivity index (χ4n) is 4.64. The number of para-hydroxylation sites is 1. The minimum Gasteiger partial charge on any atom is -0.325 e. The van der Waals surface area contributed by atoms with Crippen molar-refractivity contribution in [3.8, 4) is 0 Å². The van der Waals surface area contributed by atoms with E-state index in [0.717, 1.165) is 32.1 Å². The summed E-state index contributed by atoms with van der Waals surface area (Å²) in [5.74, 6) is -0.409. The van der Waals surface area contributed by atoms with Gasteiger partial charge in [0, 0.05) is 24.8 Å². The van der Waals surface area contributed by atoms with Crippen molar-refractivity contribution in [1.82, 2.24) is 8.61 Å². The number of carbonyl (C=O) groups is 1. The molecule has 2 fully saturated rings. The molecule has 1 amide bonds. The molecule has 4 rings (SSSR count). The molecule has 0 atom stereocenters. The molecular formula is C24H31N3O5S2. The van der Waals surface area contributed by atoms with E-state index in [0.29, 0.717) is 31.6 Å². The minimum atomic E-state index is -4.01. The fraction of sp³-hybridized carbons (Fsp3) is 0.458. The maximum atomic E-state index is 13.6. The molecule has 0 radical (unpaired) electrons. The lowest BCUT2D eigenvalue weighted by molar-refractivity contribution is -0.116. The van der Waals surface area contributed by atoms with Crippen molar-refractivity contribution in [2.24, 2.45) is 0 Å². The highest BCUT2D eigenvalue weighted by molar-refractivity contribution is 7.89. The van der Waals surface area contributed by atoms with Gasteiger partial charge in [0.25, 0.3) is 0 Å². The molecule has 1 aliphatic heterocycles. The summed E-state index contributed by atoms with van der Waals surface area (Å²) in [5, 5.41) is 2.77. The zero-order valence-corrected chi connectivity index (χ0v) is 20.7. The number of rotatable bonds is 8. The molecule has 1 N–H and O–H groups in total. The predicted octanol–water partition coefficient (Wildman–Crippen LogP) is 3.43. The zero-order valence-electron chi connectivity index (χ0n) is 19.1. The number of anilines is 1. The summed E-state index contributed by atoms with van der Waals surface area (Å²) in [6.45, 7) is 0.665. The molecule has 2 aromatic carbocycles. The number of amides is 1. The molecule has 0 unspecified atom stereocenters. The molecule has 1 saturated carbocycles. The highest BCUT2D eigenvalue weighted by Gasteiger charge is 2.34. The summed E-state index contributed by atoms with van der Waals surface area (Å²) >= 11 is 0. The molecule has 2 aliphatic rings. The molecule has 34 heavy (non-hydrogen) atoms. The van der Waals surface area contributed by atoms with Crippen LogP contribution in [0, 0.1) is 0 Å². The maximum absolute atomic E-state index is 13.6. The van der Waals surface area contributed by atoms with E-state index in [1.165, 1.54) is 32.9 Å². The van der Waals surface area contributed by atoms with Crippen LogP contribution in [0.5, 0.6) is 0 Å². The first kappa shape index (κ1) is 24.8. The molecule has 1 aliphatic carbocycles. The highest BCUT2D eigenvalue weighted by atomic mass is 32.2. The Morgan fingerprint density at radius 1 is 0.824 bits per heavy atom. The molecule has 184 valence electrons. The third-order valence-corrected chi connectivity index (χ3v) is 10.3. The molecule has 2 aromatic rings. The molecular weight excluding hydrogens is 474 g/mol. The number of nitrogens with one attached hydrogen (secondary N) is 1. The molecule has 1 saturated heterocycles. The van der Waals surface area contributed by atoms with Gasteiger partial charge < -0.3 is 5.32 Å². The van der Waals surface area contributed by atoms with Crippen molar-refractivity contribution in [2.75, 3.05) is 25.0 Å². The Labute approximate surface area is 202 Å². The van der Waals surface area contributed by atoms with Crippen LogP contribution < -0.4 is 5.32 Å². The molecule has 0 aromatic heterocycles. The van der Waals surface area contributed by atoms with Crippen LogP contribution in [0.25, 0.3) is 0 Å². The van der Waals surface area contributed by atoms with E-state index in [1.54, 1.807) is 24.3 Å². The van der Waals surface area contributed by atoms with Crippen molar-refractivity contribution < 1.29 is 21.6 Å². The SMILES string of the molecule is O=C(CN(C1CCCCC1)S(=O)(=O)c1ccc(S(=O)(=O)N2CCCC2)cc1)Nc1ccccc1. The predicted molar refractivity (Wildman–Crippen MR) is 130 cm³/mol. The van der Waals surface area contributed by atoms with E-state index in [2.05, 4.69) is 5.32 Å². The van der Waals surface area contributed by atoms with E-state index >= 15 is 0 Å². The second-order valence-electron chi connectivity index (χ2n) is 8.84. The van der Waals surface area contributed by atoms with E-state index in [1.807, 2.05) is 6.07 Å². The fourth-order valence-corrected chi connectivity index (χ4v) is 7.80. The Balaban J connectivity index is 1.57. The van der Waals surface area contributed by atoms with Gasteiger partial charge in [-0.3, -0.25) is 4.79 Å². The van der Waals surface area contributed by atoms with Gasteiger partial charge in [0.05, 0.1) is 16.3 Å². The van der Waals surface area contributed by atoms with E-state index in [9.17, 15) is 21.6 Å². The van der Waals surface area contributed by atoms with Crippen molar-refractivity contribution in [3.63, 3.8) is 0 Å². The van der Waals surface area contributed by atoms with Gasteiger partial charge in [-0.05, 0) is 62.1 Å². The Morgan fingerprint density at radius 3 is 2.03 bits per heavy atom. The number of hydrogen-bond donors (Lipinski definition) is 1. The lowest BCUT2D eigenvalue weighted by atomic mass is 9.95. The lowest BCUT2D eigenvalue weighted by Gasteiger charge is -2.33. The zero-order chi connectivity index (χ0) is 24.2. The molecule has 0 spiro atoms. The Bertz CT molecular complexity index is 1190. The first-order valence-corrected chi connectivity index (χ1v) is 14.6. The summed E-state index contributed by atoms with van der Waals surface area (Å²) in [6.07, 6.45) is 5.90. The van der Waals surface area contributed by atoms with Gasteiger partial charge in [0.1, 0.15) is 0 Å². The van der Waals surface area contributed by atoms with Crippen molar-refractivity contribution in [3.05, 3.63) is 54.6 Å². The average Bonchev–Trinajstić information content (AvgIpc) is 3.40. The summed E-state index contributed by atoms with van der Waals surface area (Å²) in [7, 11) is -7.64. The summed E-state index contributed by atoms with van der Waals surface area (Å²) in [5.41, 5.74) is 0.602. The van der Waals surface area contributed by atoms with Crippen LogP contribution in [-0.4, -0.2) is 57.0 Å². The molecule has 8 nitrogen and oxygen atoms in total. The van der Waals surface area contributed by atoms with Crippen molar-refractivity contribution in [2.45, 2.75) is 60.8 Å². The topological polar surface area (TPSA) is 104 Å². The molecule has 1 heterocycles. The number of sulfonamides is 2. The summed E-state index contributed by atoms with van der Waals surface area (Å²) < 4.78 is 55.6. The Hall–Kier alpha value is -2.27. The number of nitrogens with zero attached hydrogens (tertiary/aromatic N) is 2. The quantitative estimate of drug-likeness (QED) is 0.592. The van der Waals surface area contributed by atoms with Gasteiger partial charge in [-0.15, -0.1) is 0 Å². The third kappa shape index (κ3) is 5.51. The Morgan fingerprint density at radius 2 is 1.41 bits per heavy atom. The van der Waals surface area contributed by atoms with Crippen LogP contribution in [0.15, 0.2) is 64.4 Å². The summed E-state index contributed by atoms with van der Waals surface area (Å²) in [6, 6.07) is 14.0. The van der Waals surface area contributed by atoms with Crippen LogP contribution >= 0.6 is 0 Å². The van der Waals surface area contributed by atoms with Crippen LogP contribution in [0.4, 0.5) is 5.69 Å². The number of benzene rings is 2. The van der Waals surface area contributed by atoms with Crippen molar-refractivity contribution >= 4 is 31.6 Å². The number of carbonyl (C=O) groups excluding carboxylic acids is 1. The van der Waals surface area contributed by atoms with Gasteiger partial charge >= 0.3 is 0 Å². The van der Waals surface area contributed by atoms with Gasteiger partial charge in [-0.25, -0.2) is 16.8 Å². The number of hydrogen-bond acceptors (Lipinski definition) is 5. The van der Waals surface area contributed by atoms with Gasteiger partial charge in [-0.1, -0.05) is 37.5 Å². The van der Waals surface area contributed by atoms with E-state index < -0.39 is 26.0 Å². The largest absolute Gasteiger partial charge is 0.325 e. The van der Waals surface area contributed by atoms with E-state index in [4.69, 9.17) is 0 Å². The standard InChI is InChI=1S/C24H31N3O5S2/c28-24(25-20-9-3-1-4-10-20)19-27(21-11-5-2-6-12-21)34(31,32)23-15-13-22(14-16-23)33(29,30)26-17-7-8-18-26/h1,3-4,9-10,13-16,21H,2,5-8,11-12,17-19H2,(H,25,28). The molecule has 10 heteroatoms. The van der Waals surface area contributed by atoms with Gasteiger partial charge in [0.2, 0.25) is 26.0 Å². The van der Waals surface area contributed by atoms with Crippen molar-refractivity contribution in [1.29, 1.82) is 0 Å². The normalized spacial score (nSPS) is 18.3. The lowest BCUT2D eigenvalue weighted by Crippen LogP contribution is -2.45. The van der Waals surface area contributed by atoms with Gasteiger partial charge in [0.15, 0.2) is 0 Å². The monoisotopic (exact) mass is 505 g/mol. The van der Waals surface area contributed by atoms with Crippen LogP contribution in [0.1, 0.15) is 44.9 Å². The maximum Gasteiger partial charge on any atom is 0.243 e. The third-order valence-electron chi connectivity index (χ3n) is 6.47.